The topological polar surface area (TPSA) is 120 Å². The molecule has 1 atom stereocenters. The third-order valence-corrected chi connectivity index (χ3v) is 6.09. The van der Waals surface area contributed by atoms with Gasteiger partial charge in [-0.05, 0) is 56.2 Å². The standard InChI is InChI=1S/C32H34N2O8/c1-32(2,3)42-30(37)27(33-31(38)40-21-23-10-5-4-6-11-23)20-22-14-16-24(17-15-22)39-18-9-19-41-34-28(35)25-12-7-8-13-26(25)29(34)36/h4-8,10-17,27H,9,18-21H2,1-3H3,(H,33,38). The number of rotatable bonds is 12. The molecule has 0 aliphatic carbocycles. The molecular formula is C32H34N2O8. The summed E-state index contributed by atoms with van der Waals surface area (Å²) in [7, 11) is 0. The summed E-state index contributed by atoms with van der Waals surface area (Å²) < 4.78 is 16.6. The normalized spacial score (nSPS) is 13.4. The van der Waals surface area contributed by atoms with E-state index in [1.54, 1.807) is 69.3 Å². The molecule has 10 nitrogen and oxygen atoms in total. The van der Waals surface area contributed by atoms with Crippen LogP contribution in [0.25, 0.3) is 0 Å². The van der Waals surface area contributed by atoms with Crippen molar-refractivity contribution in [1.29, 1.82) is 0 Å². The molecule has 1 heterocycles. The van der Waals surface area contributed by atoms with Crippen molar-refractivity contribution in [3.63, 3.8) is 0 Å². The number of ether oxygens (including phenoxy) is 3. The van der Waals surface area contributed by atoms with Crippen LogP contribution in [0, 0.1) is 0 Å². The number of amides is 3. The van der Waals surface area contributed by atoms with Crippen molar-refractivity contribution in [1.82, 2.24) is 10.4 Å². The van der Waals surface area contributed by atoms with Crippen molar-refractivity contribution in [3.05, 3.63) is 101 Å². The molecule has 42 heavy (non-hydrogen) atoms. The second kappa shape index (κ2) is 13.8. The Labute approximate surface area is 244 Å². The van der Waals surface area contributed by atoms with Gasteiger partial charge in [0.05, 0.1) is 24.3 Å². The highest BCUT2D eigenvalue weighted by Crippen LogP contribution is 2.23. The lowest BCUT2D eigenvalue weighted by Gasteiger charge is -2.24. The molecule has 0 spiro atoms. The Balaban J connectivity index is 1.25. The predicted molar refractivity (Wildman–Crippen MR) is 153 cm³/mol. The number of hydrogen-bond donors (Lipinski definition) is 1. The van der Waals surface area contributed by atoms with Crippen molar-refractivity contribution in [3.8, 4) is 5.75 Å². The van der Waals surface area contributed by atoms with Crippen LogP contribution < -0.4 is 10.1 Å². The monoisotopic (exact) mass is 574 g/mol. The summed E-state index contributed by atoms with van der Waals surface area (Å²) in [5.41, 5.74) is 1.52. The van der Waals surface area contributed by atoms with Crippen molar-refractivity contribution >= 4 is 23.9 Å². The maximum atomic E-state index is 12.9. The number of benzene rings is 3. The van der Waals surface area contributed by atoms with Crippen LogP contribution in [0.5, 0.6) is 5.75 Å². The molecule has 4 rings (SSSR count). The fourth-order valence-corrected chi connectivity index (χ4v) is 4.12. The van der Waals surface area contributed by atoms with Crippen LogP contribution in [0.4, 0.5) is 4.79 Å². The lowest BCUT2D eigenvalue weighted by Crippen LogP contribution is -2.45. The Morgan fingerprint density at radius 2 is 1.43 bits per heavy atom. The van der Waals surface area contributed by atoms with Crippen molar-refractivity contribution in [2.75, 3.05) is 13.2 Å². The SMILES string of the molecule is CC(C)(C)OC(=O)C(Cc1ccc(OCCCON2C(=O)c3ccccc3C2=O)cc1)NC(=O)OCc1ccccc1. The van der Waals surface area contributed by atoms with Crippen LogP contribution in [0.1, 0.15) is 59.0 Å². The highest BCUT2D eigenvalue weighted by atomic mass is 16.7. The van der Waals surface area contributed by atoms with Crippen LogP contribution in [0.15, 0.2) is 78.9 Å². The largest absolute Gasteiger partial charge is 0.494 e. The van der Waals surface area contributed by atoms with E-state index in [-0.39, 0.29) is 26.2 Å². The first kappa shape index (κ1) is 30.3. The minimum absolute atomic E-state index is 0.0725. The minimum Gasteiger partial charge on any atom is -0.494 e. The third-order valence-electron chi connectivity index (χ3n) is 6.09. The molecule has 1 unspecified atom stereocenters. The number of hydroxylamine groups is 2. The molecule has 0 saturated heterocycles. The van der Waals surface area contributed by atoms with Gasteiger partial charge in [0.2, 0.25) is 0 Å². The number of esters is 1. The number of carbonyl (C=O) groups is 4. The zero-order chi connectivity index (χ0) is 30.1. The van der Waals surface area contributed by atoms with Gasteiger partial charge >= 0.3 is 12.1 Å². The maximum Gasteiger partial charge on any atom is 0.408 e. The molecule has 0 saturated carbocycles. The van der Waals surface area contributed by atoms with Gasteiger partial charge in [0, 0.05) is 12.8 Å². The molecule has 1 aliphatic heterocycles. The van der Waals surface area contributed by atoms with Gasteiger partial charge in [-0.2, -0.15) is 0 Å². The fourth-order valence-electron chi connectivity index (χ4n) is 4.12. The summed E-state index contributed by atoms with van der Waals surface area (Å²) in [5, 5.41) is 3.41. The molecule has 3 aromatic rings. The second-order valence-electron chi connectivity index (χ2n) is 10.6. The van der Waals surface area contributed by atoms with E-state index >= 15 is 0 Å². The first-order valence-electron chi connectivity index (χ1n) is 13.6. The summed E-state index contributed by atoms with van der Waals surface area (Å²) in [4.78, 5) is 55.5. The Morgan fingerprint density at radius 1 is 0.810 bits per heavy atom. The molecule has 10 heteroatoms. The Bertz CT molecular complexity index is 1370. The number of fused-ring (bicyclic) bond motifs is 1. The quantitative estimate of drug-likeness (QED) is 0.185. The van der Waals surface area contributed by atoms with E-state index in [2.05, 4.69) is 5.32 Å². The van der Waals surface area contributed by atoms with E-state index in [1.807, 2.05) is 30.3 Å². The van der Waals surface area contributed by atoms with E-state index in [1.165, 1.54) is 0 Å². The van der Waals surface area contributed by atoms with Crippen molar-refractivity contribution in [2.45, 2.75) is 51.9 Å². The van der Waals surface area contributed by atoms with Gasteiger partial charge in [-0.1, -0.05) is 54.6 Å². The average molecular weight is 575 g/mol. The van der Waals surface area contributed by atoms with Gasteiger partial charge in [-0.15, -0.1) is 5.06 Å². The smallest absolute Gasteiger partial charge is 0.408 e. The minimum atomic E-state index is -0.960. The van der Waals surface area contributed by atoms with Crippen LogP contribution in [0.2, 0.25) is 0 Å². The average Bonchev–Trinajstić information content (AvgIpc) is 3.21. The molecule has 220 valence electrons. The van der Waals surface area contributed by atoms with Gasteiger partial charge in [0.25, 0.3) is 11.8 Å². The summed E-state index contributed by atoms with van der Waals surface area (Å²) in [6.07, 6.45) is -0.104. The number of alkyl carbamates (subject to hydrolysis) is 1. The van der Waals surface area contributed by atoms with Crippen LogP contribution in [-0.4, -0.2) is 53.8 Å². The van der Waals surface area contributed by atoms with Gasteiger partial charge in [0.15, 0.2) is 0 Å². The molecule has 0 radical (unpaired) electrons. The maximum absolute atomic E-state index is 12.9. The summed E-state index contributed by atoms with van der Waals surface area (Å²) >= 11 is 0. The molecule has 1 aliphatic rings. The Morgan fingerprint density at radius 3 is 2.05 bits per heavy atom. The van der Waals surface area contributed by atoms with Gasteiger partial charge < -0.3 is 19.5 Å². The first-order valence-corrected chi connectivity index (χ1v) is 13.6. The Kier molecular flexibility index (Phi) is 9.93. The Hall–Kier alpha value is -4.70. The number of imide groups is 1. The summed E-state index contributed by atoms with van der Waals surface area (Å²) in [6, 6.07) is 21.9. The molecule has 0 aromatic heterocycles. The fraction of sp³-hybridized carbons (Fsp3) is 0.312. The van der Waals surface area contributed by atoms with Gasteiger partial charge in [-0.3, -0.25) is 14.4 Å². The molecular weight excluding hydrogens is 540 g/mol. The van der Waals surface area contributed by atoms with E-state index in [0.29, 0.717) is 23.3 Å². The molecule has 0 bridgehead atoms. The van der Waals surface area contributed by atoms with Crippen molar-refractivity contribution in [2.24, 2.45) is 0 Å². The molecule has 3 aromatic carbocycles. The zero-order valence-electron chi connectivity index (χ0n) is 23.8. The lowest BCUT2D eigenvalue weighted by molar-refractivity contribution is -0.157. The summed E-state index contributed by atoms with van der Waals surface area (Å²) in [5.74, 6) is -0.937. The lowest BCUT2D eigenvalue weighted by atomic mass is 10.1. The molecule has 1 N–H and O–H groups in total. The molecule has 0 fully saturated rings. The summed E-state index contributed by atoms with van der Waals surface area (Å²) in [6.45, 7) is 5.75. The van der Waals surface area contributed by atoms with E-state index < -0.39 is 35.5 Å². The van der Waals surface area contributed by atoms with Gasteiger partial charge in [-0.25, -0.2) is 9.59 Å². The van der Waals surface area contributed by atoms with E-state index in [9.17, 15) is 19.2 Å². The molecule has 3 amide bonds. The van der Waals surface area contributed by atoms with E-state index in [4.69, 9.17) is 19.0 Å². The highest BCUT2D eigenvalue weighted by molar-refractivity contribution is 6.20. The van der Waals surface area contributed by atoms with Crippen LogP contribution in [-0.2, 0) is 32.1 Å². The van der Waals surface area contributed by atoms with Crippen molar-refractivity contribution < 1.29 is 38.2 Å². The second-order valence-corrected chi connectivity index (χ2v) is 10.6. The van der Waals surface area contributed by atoms with Crippen LogP contribution >= 0.6 is 0 Å². The number of carbonyl (C=O) groups excluding carboxylic acids is 4. The first-order chi connectivity index (χ1) is 20.1. The van der Waals surface area contributed by atoms with Gasteiger partial charge in [0.1, 0.15) is 24.0 Å². The number of hydrogen-bond acceptors (Lipinski definition) is 8. The number of nitrogens with zero attached hydrogens (tertiary/aromatic N) is 1. The number of nitrogens with one attached hydrogen (secondary N) is 1. The predicted octanol–water partition coefficient (Wildman–Crippen LogP) is 4.86. The zero-order valence-corrected chi connectivity index (χ0v) is 23.8. The van der Waals surface area contributed by atoms with Crippen LogP contribution in [0.3, 0.4) is 0 Å². The van der Waals surface area contributed by atoms with E-state index in [0.717, 1.165) is 16.2 Å². The highest BCUT2D eigenvalue weighted by Gasteiger charge is 2.36. The third kappa shape index (κ3) is 8.40.